The van der Waals surface area contributed by atoms with E-state index in [1.54, 1.807) is 12.7 Å². The minimum Gasteiger partial charge on any atom is -0.478 e. The molecule has 0 atom stereocenters. The van der Waals surface area contributed by atoms with E-state index >= 15 is 0 Å². The van der Waals surface area contributed by atoms with Crippen molar-refractivity contribution in [2.24, 2.45) is 0 Å². The van der Waals surface area contributed by atoms with Crippen molar-refractivity contribution in [2.75, 3.05) is 19.6 Å². The van der Waals surface area contributed by atoms with Crippen LogP contribution >= 0.6 is 11.6 Å². The van der Waals surface area contributed by atoms with Crippen LogP contribution in [0, 0.1) is 0 Å². The summed E-state index contributed by atoms with van der Waals surface area (Å²) >= 11 is 5.94. The fraction of sp³-hybridized carbons (Fsp3) is 0.333. The molecule has 30 heavy (non-hydrogen) atoms. The van der Waals surface area contributed by atoms with Gasteiger partial charge in [0.15, 0.2) is 0 Å². The molecule has 0 unspecified atom stereocenters. The first-order valence-electron chi connectivity index (χ1n) is 9.57. The number of hydrogen-bond donors (Lipinski definition) is 2. The van der Waals surface area contributed by atoms with Gasteiger partial charge in [0.2, 0.25) is 0 Å². The molecule has 2 heterocycles. The van der Waals surface area contributed by atoms with Crippen LogP contribution in [-0.4, -0.2) is 61.5 Å². The fourth-order valence-electron chi connectivity index (χ4n) is 2.94. The monoisotopic (exact) mass is 432 g/mol. The van der Waals surface area contributed by atoms with Crippen LogP contribution in [0.1, 0.15) is 24.8 Å². The molecule has 0 aliphatic carbocycles. The highest BCUT2D eigenvalue weighted by Crippen LogP contribution is 2.23. The van der Waals surface area contributed by atoms with Crippen molar-refractivity contribution in [1.82, 2.24) is 19.7 Å². The quantitative estimate of drug-likeness (QED) is 0.487. The van der Waals surface area contributed by atoms with E-state index in [-0.39, 0.29) is 0 Å². The van der Waals surface area contributed by atoms with Gasteiger partial charge in [-0.1, -0.05) is 29.8 Å². The van der Waals surface area contributed by atoms with Gasteiger partial charge in [-0.2, -0.15) is 5.10 Å². The molecule has 1 aromatic heterocycles. The molecule has 1 aliphatic rings. The average Bonchev–Trinajstić information content (AvgIpc) is 3.25. The number of carboxylic acids is 2. The number of carboxylic acid groups (broad SMARTS) is 2. The summed E-state index contributed by atoms with van der Waals surface area (Å²) in [5, 5.41) is 20.5. The number of aromatic nitrogens is 3. The lowest BCUT2D eigenvalue weighted by Gasteiger charge is -2.26. The maximum absolute atomic E-state index is 9.55. The number of hydrogen-bond acceptors (Lipinski definition) is 5. The smallest absolute Gasteiger partial charge is 0.328 e. The van der Waals surface area contributed by atoms with Gasteiger partial charge in [-0.3, -0.25) is 9.58 Å². The topological polar surface area (TPSA) is 109 Å². The lowest BCUT2D eigenvalue weighted by Crippen LogP contribution is -2.29. The molecule has 160 valence electrons. The normalized spacial score (nSPS) is 14.1. The Morgan fingerprint density at radius 3 is 2.27 bits per heavy atom. The Morgan fingerprint density at radius 1 is 1.07 bits per heavy atom. The van der Waals surface area contributed by atoms with Gasteiger partial charge < -0.3 is 10.2 Å². The van der Waals surface area contributed by atoms with E-state index in [0.717, 1.165) is 44.0 Å². The van der Waals surface area contributed by atoms with Gasteiger partial charge in [0, 0.05) is 36.8 Å². The van der Waals surface area contributed by atoms with E-state index in [0.29, 0.717) is 12.2 Å². The van der Waals surface area contributed by atoms with E-state index in [2.05, 4.69) is 33.2 Å². The third kappa shape index (κ3) is 9.02. The van der Waals surface area contributed by atoms with Crippen LogP contribution in [0.5, 0.6) is 0 Å². The zero-order chi connectivity index (χ0) is 21.8. The summed E-state index contributed by atoms with van der Waals surface area (Å²) in [7, 11) is 0. The molecule has 0 bridgehead atoms. The van der Waals surface area contributed by atoms with E-state index in [4.69, 9.17) is 21.8 Å². The van der Waals surface area contributed by atoms with E-state index in [9.17, 15) is 9.59 Å². The van der Waals surface area contributed by atoms with Crippen molar-refractivity contribution in [1.29, 1.82) is 0 Å². The standard InChI is InChI=1S/C17H21ClN4.C4H4O4/c18-17-5-3-15(4-6-17)16-7-11-21(12-8-16)9-1-2-10-22-14-19-13-20-22;5-3(6)1-2-4(7)8/h3-7,13-14H,1-2,8-12H2;1-2H,(H,5,6)(H,7,8)/b;2-1+. The lowest BCUT2D eigenvalue weighted by atomic mass is 9.99. The molecule has 0 fully saturated rings. The number of aryl methyl sites for hydroxylation is 1. The summed E-state index contributed by atoms with van der Waals surface area (Å²) in [5.41, 5.74) is 2.74. The van der Waals surface area contributed by atoms with E-state index < -0.39 is 11.9 Å². The van der Waals surface area contributed by atoms with Crippen LogP contribution in [0.25, 0.3) is 5.57 Å². The van der Waals surface area contributed by atoms with E-state index in [1.165, 1.54) is 17.6 Å². The maximum atomic E-state index is 9.55. The fourth-order valence-corrected chi connectivity index (χ4v) is 3.07. The van der Waals surface area contributed by atoms with Gasteiger partial charge in [0.25, 0.3) is 0 Å². The Kier molecular flexibility index (Phi) is 9.76. The average molecular weight is 433 g/mol. The van der Waals surface area contributed by atoms with Crippen molar-refractivity contribution in [2.45, 2.75) is 25.8 Å². The summed E-state index contributed by atoms with van der Waals surface area (Å²) in [6.07, 6.45) is 10.3. The lowest BCUT2D eigenvalue weighted by molar-refractivity contribution is -0.134. The Balaban J connectivity index is 0.000000343. The zero-order valence-electron chi connectivity index (χ0n) is 16.5. The predicted octanol–water partition coefficient (Wildman–Crippen LogP) is 3.21. The largest absolute Gasteiger partial charge is 0.478 e. The van der Waals surface area contributed by atoms with Crippen molar-refractivity contribution >= 4 is 29.1 Å². The van der Waals surface area contributed by atoms with Crippen LogP contribution in [0.4, 0.5) is 0 Å². The molecule has 0 saturated carbocycles. The molecule has 8 nitrogen and oxygen atoms in total. The second kappa shape index (κ2) is 12.6. The van der Waals surface area contributed by atoms with Crippen LogP contribution in [0.2, 0.25) is 5.02 Å². The SMILES string of the molecule is Clc1ccc(C2=CCN(CCCCn3cncn3)CC2)cc1.O=C(O)/C=C/C(=O)O. The van der Waals surface area contributed by atoms with Gasteiger partial charge in [-0.05, 0) is 49.1 Å². The highest BCUT2D eigenvalue weighted by atomic mass is 35.5. The zero-order valence-corrected chi connectivity index (χ0v) is 17.3. The molecule has 2 aromatic rings. The molecular formula is C21H25ClN4O4. The van der Waals surface area contributed by atoms with Gasteiger partial charge in [0.1, 0.15) is 12.7 Å². The highest BCUT2D eigenvalue weighted by Gasteiger charge is 2.12. The number of halogens is 1. The van der Waals surface area contributed by atoms with Crippen molar-refractivity contribution < 1.29 is 19.8 Å². The minimum atomic E-state index is -1.26. The Labute approximate surface area is 180 Å². The molecule has 1 aromatic carbocycles. The number of unbranched alkanes of at least 4 members (excludes halogenated alkanes) is 1. The molecule has 0 spiro atoms. The third-order valence-electron chi connectivity index (χ3n) is 4.45. The first-order valence-corrected chi connectivity index (χ1v) is 9.95. The van der Waals surface area contributed by atoms with Crippen molar-refractivity contribution in [3.05, 3.63) is 65.7 Å². The number of aliphatic carboxylic acids is 2. The molecule has 9 heteroatoms. The molecule has 2 N–H and O–H groups in total. The summed E-state index contributed by atoms with van der Waals surface area (Å²) < 4.78 is 1.90. The Hall–Kier alpha value is -2.97. The maximum Gasteiger partial charge on any atom is 0.328 e. The number of rotatable bonds is 8. The minimum absolute atomic E-state index is 0.558. The van der Waals surface area contributed by atoms with Crippen molar-refractivity contribution in [3.63, 3.8) is 0 Å². The molecule has 0 saturated heterocycles. The molecule has 3 rings (SSSR count). The predicted molar refractivity (Wildman–Crippen MR) is 114 cm³/mol. The van der Waals surface area contributed by atoms with Gasteiger partial charge in [0.05, 0.1) is 0 Å². The van der Waals surface area contributed by atoms with Gasteiger partial charge in [-0.25, -0.2) is 14.6 Å². The first-order chi connectivity index (χ1) is 14.4. The summed E-state index contributed by atoms with van der Waals surface area (Å²) in [4.78, 5) is 25.6. The number of benzene rings is 1. The molecular weight excluding hydrogens is 408 g/mol. The van der Waals surface area contributed by atoms with Crippen LogP contribution < -0.4 is 0 Å². The third-order valence-corrected chi connectivity index (χ3v) is 4.71. The Morgan fingerprint density at radius 2 is 1.73 bits per heavy atom. The molecule has 1 aliphatic heterocycles. The summed E-state index contributed by atoms with van der Waals surface area (Å²) in [5.74, 6) is -2.51. The number of carbonyl (C=O) groups is 2. The number of nitrogens with zero attached hydrogens (tertiary/aromatic N) is 4. The summed E-state index contributed by atoms with van der Waals surface area (Å²) in [6.45, 7) is 4.29. The van der Waals surface area contributed by atoms with Gasteiger partial charge >= 0.3 is 11.9 Å². The second-order valence-corrected chi connectivity index (χ2v) is 7.10. The highest BCUT2D eigenvalue weighted by molar-refractivity contribution is 6.30. The van der Waals surface area contributed by atoms with E-state index in [1.807, 2.05) is 16.8 Å². The molecule has 0 amide bonds. The van der Waals surface area contributed by atoms with Crippen LogP contribution in [0.3, 0.4) is 0 Å². The second-order valence-electron chi connectivity index (χ2n) is 6.66. The van der Waals surface area contributed by atoms with Gasteiger partial charge in [-0.15, -0.1) is 0 Å². The van der Waals surface area contributed by atoms with Crippen molar-refractivity contribution in [3.8, 4) is 0 Å². The Bertz CT molecular complexity index is 848. The summed E-state index contributed by atoms with van der Waals surface area (Å²) in [6, 6.07) is 8.16. The van der Waals surface area contributed by atoms with Crippen LogP contribution in [0.15, 0.2) is 55.1 Å². The first kappa shape index (κ1) is 23.3. The molecule has 0 radical (unpaired) electrons. The van der Waals surface area contributed by atoms with Crippen LogP contribution in [-0.2, 0) is 16.1 Å².